The van der Waals surface area contributed by atoms with Crippen molar-refractivity contribution >= 4 is 21.6 Å². The molecule has 1 aliphatic heterocycles. The Morgan fingerprint density at radius 3 is 2.44 bits per heavy atom. The molecule has 0 saturated carbocycles. The monoisotopic (exact) mass is 487 g/mol. The Labute approximate surface area is 201 Å². The number of sulfonamides is 1. The number of aryl methyl sites for hydroxylation is 1. The van der Waals surface area contributed by atoms with Gasteiger partial charge in [-0.3, -0.25) is 14.2 Å². The predicted octanol–water partition coefficient (Wildman–Crippen LogP) is 3.29. The quantitative estimate of drug-likeness (QED) is 0.617. The van der Waals surface area contributed by atoms with Crippen LogP contribution in [-0.2, 0) is 27.6 Å². The lowest BCUT2D eigenvalue weighted by molar-refractivity contribution is 0.0845. The average Bonchev–Trinajstić information content (AvgIpc) is 3.09. The SMILES string of the molecule is C[C@H](NC(=O)c1c(NS(=O)(=O)Cc2ccc(C#N)cc2)c(C2CCOCC2)nn1C)C(C)(C)C. The molecule has 34 heavy (non-hydrogen) atoms. The van der Waals surface area contributed by atoms with Gasteiger partial charge in [-0.1, -0.05) is 32.9 Å². The molecule has 3 rings (SSSR count). The fraction of sp³-hybridized carbons (Fsp3) is 0.542. The second kappa shape index (κ2) is 10.2. The first kappa shape index (κ1) is 25.7. The third-order valence-corrected chi connectivity index (χ3v) is 7.47. The fourth-order valence-electron chi connectivity index (χ4n) is 3.73. The van der Waals surface area contributed by atoms with Crippen LogP contribution in [0.3, 0.4) is 0 Å². The highest BCUT2D eigenvalue weighted by molar-refractivity contribution is 7.91. The Morgan fingerprint density at radius 1 is 1.26 bits per heavy atom. The van der Waals surface area contributed by atoms with Crippen molar-refractivity contribution in [3.05, 3.63) is 46.8 Å². The van der Waals surface area contributed by atoms with Gasteiger partial charge in [0.25, 0.3) is 5.91 Å². The summed E-state index contributed by atoms with van der Waals surface area (Å²) in [6, 6.07) is 8.25. The lowest BCUT2D eigenvalue weighted by Gasteiger charge is -2.28. The minimum absolute atomic E-state index is 0.0193. The molecule has 1 aliphatic rings. The summed E-state index contributed by atoms with van der Waals surface area (Å²) in [7, 11) is -2.21. The number of carbonyl (C=O) groups excluding carboxylic acids is 1. The summed E-state index contributed by atoms with van der Waals surface area (Å²) in [5, 5.41) is 16.5. The van der Waals surface area contributed by atoms with E-state index in [1.807, 2.05) is 33.8 Å². The van der Waals surface area contributed by atoms with E-state index >= 15 is 0 Å². The molecule has 1 aromatic heterocycles. The number of nitriles is 1. The van der Waals surface area contributed by atoms with Crippen LogP contribution in [0.4, 0.5) is 5.69 Å². The largest absolute Gasteiger partial charge is 0.381 e. The number of hydrogen-bond donors (Lipinski definition) is 2. The van der Waals surface area contributed by atoms with Gasteiger partial charge >= 0.3 is 0 Å². The Hall–Kier alpha value is -2.90. The molecule has 1 saturated heterocycles. The van der Waals surface area contributed by atoms with Gasteiger partial charge in [-0.2, -0.15) is 10.4 Å². The average molecular weight is 488 g/mol. The number of ether oxygens (including phenoxy) is 1. The molecule has 1 fully saturated rings. The van der Waals surface area contributed by atoms with Crippen molar-refractivity contribution in [1.82, 2.24) is 15.1 Å². The lowest BCUT2D eigenvalue weighted by Crippen LogP contribution is -2.42. The molecule has 10 heteroatoms. The maximum Gasteiger partial charge on any atom is 0.271 e. The Morgan fingerprint density at radius 2 is 1.88 bits per heavy atom. The van der Waals surface area contributed by atoms with E-state index in [1.165, 1.54) is 4.68 Å². The molecule has 0 aliphatic carbocycles. The van der Waals surface area contributed by atoms with E-state index in [2.05, 4.69) is 15.1 Å². The van der Waals surface area contributed by atoms with Gasteiger partial charge in [-0.25, -0.2) is 8.42 Å². The summed E-state index contributed by atoms with van der Waals surface area (Å²) < 4.78 is 35.9. The van der Waals surface area contributed by atoms with Crippen molar-refractivity contribution in [2.24, 2.45) is 12.5 Å². The number of hydrogen-bond acceptors (Lipinski definition) is 6. The van der Waals surface area contributed by atoms with Crippen molar-refractivity contribution in [1.29, 1.82) is 5.26 Å². The second-order valence-corrected chi connectivity index (χ2v) is 11.6. The highest BCUT2D eigenvalue weighted by Crippen LogP contribution is 2.35. The Balaban J connectivity index is 1.96. The number of benzene rings is 1. The smallest absolute Gasteiger partial charge is 0.271 e. The number of amides is 1. The summed E-state index contributed by atoms with van der Waals surface area (Å²) >= 11 is 0. The summed E-state index contributed by atoms with van der Waals surface area (Å²) in [5.74, 6) is -0.693. The predicted molar refractivity (Wildman–Crippen MR) is 130 cm³/mol. The van der Waals surface area contributed by atoms with Crippen molar-refractivity contribution in [2.45, 2.75) is 58.2 Å². The van der Waals surface area contributed by atoms with Crippen molar-refractivity contribution in [2.75, 3.05) is 17.9 Å². The molecule has 2 N–H and O–H groups in total. The summed E-state index contributed by atoms with van der Waals surface area (Å²) in [6.45, 7) is 9.10. The van der Waals surface area contributed by atoms with Crippen LogP contribution in [0.25, 0.3) is 0 Å². The van der Waals surface area contributed by atoms with Crippen LogP contribution in [0.15, 0.2) is 24.3 Å². The lowest BCUT2D eigenvalue weighted by atomic mass is 9.88. The summed E-state index contributed by atoms with van der Waals surface area (Å²) in [5.41, 5.74) is 1.78. The maximum atomic E-state index is 13.3. The van der Waals surface area contributed by atoms with Gasteiger partial charge in [0.15, 0.2) is 0 Å². The normalized spacial score (nSPS) is 16.0. The van der Waals surface area contributed by atoms with Crippen LogP contribution < -0.4 is 10.0 Å². The van der Waals surface area contributed by atoms with Crippen molar-refractivity contribution in [3.8, 4) is 6.07 Å². The van der Waals surface area contributed by atoms with Crippen LogP contribution in [0, 0.1) is 16.7 Å². The van der Waals surface area contributed by atoms with E-state index in [1.54, 1.807) is 31.3 Å². The van der Waals surface area contributed by atoms with E-state index < -0.39 is 10.0 Å². The number of aromatic nitrogens is 2. The summed E-state index contributed by atoms with van der Waals surface area (Å²) in [4.78, 5) is 13.3. The topological polar surface area (TPSA) is 126 Å². The third kappa shape index (κ3) is 6.15. The van der Waals surface area contributed by atoms with Crippen molar-refractivity contribution in [3.63, 3.8) is 0 Å². The van der Waals surface area contributed by atoms with Gasteiger partial charge in [0.1, 0.15) is 11.4 Å². The van der Waals surface area contributed by atoms with Crippen molar-refractivity contribution < 1.29 is 17.9 Å². The van der Waals surface area contributed by atoms with E-state index in [-0.39, 0.29) is 40.4 Å². The standard InChI is InChI=1S/C24H33N5O4S/c1-16(24(2,3)4)26-23(30)22-21(20(27-29(22)5)19-10-12-33-13-11-19)28-34(31,32)15-18-8-6-17(14-25)7-9-18/h6-9,16,19,28H,10-13,15H2,1-5H3,(H,26,30)/t16-/m0/s1. The molecule has 2 heterocycles. The van der Waals surface area contributed by atoms with E-state index in [0.717, 1.165) is 0 Å². The molecule has 0 bridgehead atoms. The minimum Gasteiger partial charge on any atom is -0.381 e. The van der Waals surface area contributed by atoms with E-state index in [0.29, 0.717) is 42.9 Å². The zero-order valence-electron chi connectivity index (χ0n) is 20.4. The van der Waals surface area contributed by atoms with E-state index in [9.17, 15) is 13.2 Å². The highest BCUT2D eigenvalue weighted by Gasteiger charge is 2.32. The van der Waals surface area contributed by atoms with Crippen LogP contribution in [0.1, 0.15) is 73.8 Å². The fourth-order valence-corrected chi connectivity index (χ4v) is 4.95. The molecule has 0 unspecified atom stereocenters. The van der Waals surface area contributed by atoms with Gasteiger partial charge in [0.2, 0.25) is 10.0 Å². The number of rotatable bonds is 7. The van der Waals surface area contributed by atoms with Gasteiger partial charge in [0, 0.05) is 32.2 Å². The zero-order chi connectivity index (χ0) is 25.1. The molecule has 1 atom stereocenters. The second-order valence-electron chi connectivity index (χ2n) is 9.85. The van der Waals surface area contributed by atoms with Gasteiger partial charge in [-0.15, -0.1) is 0 Å². The summed E-state index contributed by atoms with van der Waals surface area (Å²) in [6.07, 6.45) is 1.39. The van der Waals surface area contributed by atoms with Gasteiger partial charge in [-0.05, 0) is 42.9 Å². The maximum absolute atomic E-state index is 13.3. The minimum atomic E-state index is -3.87. The number of nitrogens with zero attached hydrogens (tertiary/aromatic N) is 3. The third-order valence-electron chi connectivity index (χ3n) is 6.24. The van der Waals surface area contributed by atoms with Crippen LogP contribution in [0.2, 0.25) is 0 Å². The first-order valence-electron chi connectivity index (χ1n) is 11.4. The Bertz CT molecular complexity index is 1170. The van der Waals surface area contributed by atoms with Crippen LogP contribution in [-0.4, -0.2) is 43.4 Å². The molecule has 1 amide bonds. The molecule has 0 radical (unpaired) electrons. The molecular formula is C24H33N5O4S. The van der Waals surface area contributed by atoms with E-state index in [4.69, 9.17) is 10.00 Å². The number of nitrogens with one attached hydrogen (secondary N) is 2. The highest BCUT2D eigenvalue weighted by atomic mass is 32.2. The first-order valence-corrected chi connectivity index (χ1v) is 13.0. The zero-order valence-corrected chi connectivity index (χ0v) is 21.2. The molecule has 184 valence electrons. The molecular weight excluding hydrogens is 454 g/mol. The number of anilines is 1. The first-order chi connectivity index (χ1) is 15.9. The molecule has 2 aromatic rings. The molecule has 1 aromatic carbocycles. The van der Waals surface area contributed by atoms with Crippen LogP contribution in [0.5, 0.6) is 0 Å². The molecule has 0 spiro atoms. The van der Waals surface area contributed by atoms with Gasteiger partial charge in [0.05, 0.1) is 23.1 Å². The number of carbonyl (C=O) groups is 1. The van der Waals surface area contributed by atoms with Gasteiger partial charge < -0.3 is 10.1 Å². The Kier molecular flexibility index (Phi) is 7.68. The van der Waals surface area contributed by atoms with Crippen LogP contribution >= 0.6 is 0 Å². The molecule has 9 nitrogen and oxygen atoms in total.